The predicted molar refractivity (Wildman–Crippen MR) is 136 cm³/mol. The lowest BCUT2D eigenvalue weighted by Crippen LogP contribution is -2.50. The lowest BCUT2D eigenvalue weighted by Gasteiger charge is -2.30. The molecule has 0 radical (unpaired) electrons. The number of aliphatic hydroxyl groups excluding tert-OH is 1. The fraction of sp³-hybridized carbons (Fsp3) is 0.462. The normalized spacial score (nSPS) is 24.5. The number of nitrogens with zero attached hydrogens (tertiary/aromatic N) is 4. The van der Waals surface area contributed by atoms with Gasteiger partial charge in [0.2, 0.25) is 11.6 Å². The number of carbonyl (C=O) groups is 1. The monoisotopic (exact) mass is 509 g/mol. The molecule has 0 unspecified atom stereocenters. The number of aliphatic hydroxyl groups is 1. The highest BCUT2D eigenvalue weighted by Gasteiger charge is 2.46. The second-order valence-corrected chi connectivity index (χ2v) is 10.9. The van der Waals surface area contributed by atoms with E-state index in [2.05, 4.69) is 20.6 Å². The molecule has 1 aromatic carbocycles. The summed E-state index contributed by atoms with van der Waals surface area (Å²) in [6.07, 6.45) is -0.276. The van der Waals surface area contributed by atoms with Gasteiger partial charge in [-0.15, -0.1) is 11.3 Å². The predicted octanol–water partition coefficient (Wildman–Crippen LogP) is 3.92. The van der Waals surface area contributed by atoms with Crippen molar-refractivity contribution >= 4 is 23.1 Å². The van der Waals surface area contributed by atoms with Gasteiger partial charge in [-0.25, -0.2) is 4.98 Å². The Hall–Kier alpha value is -3.24. The minimum absolute atomic E-state index is 0.0102. The first-order chi connectivity index (χ1) is 17.2. The van der Waals surface area contributed by atoms with Crippen LogP contribution >= 0.6 is 11.3 Å². The van der Waals surface area contributed by atoms with Crippen LogP contribution in [0.3, 0.4) is 0 Å². The molecule has 2 N–H and O–H groups in total. The molecular weight excluding hydrogens is 478 g/mol. The summed E-state index contributed by atoms with van der Waals surface area (Å²) in [4.78, 5) is 26.8. The molecule has 4 atom stereocenters. The first kappa shape index (κ1) is 24.5. The van der Waals surface area contributed by atoms with Crippen LogP contribution < -0.4 is 5.32 Å². The Balaban J connectivity index is 1.35. The quantitative estimate of drug-likeness (QED) is 0.518. The number of oxime groups is 1. The lowest BCUT2D eigenvalue weighted by atomic mass is 9.91. The third-order valence-corrected chi connectivity index (χ3v) is 7.88. The van der Waals surface area contributed by atoms with E-state index >= 15 is 0 Å². The molecule has 3 aromatic rings. The van der Waals surface area contributed by atoms with E-state index in [1.54, 1.807) is 22.3 Å². The van der Waals surface area contributed by atoms with E-state index in [0.29, 0.717) is 18.0 Å². The van der Waals surface area contributed by atoms with Gasteiger partial charge in [-0.2, -0.15) is 0 Å². The molecule has 0 saturated carbocycles. The maximum absolute atomic E-state index is 13.7. The number of amides is 1. The first-order valence-corrected chi connectivity index (χ1v) is 13.0. The SMILES string of the molecule is Cc1cc([C@H](C(=O)N2C[C@H](O)C[C@H]2C2=NO[C@](C)(c3ccc(-c4scnc4C)cc3)N2)C(C)C)on1. The number of hydrogen-bond acceptors (Lipinski definition) is 9. The van der Waals surface area contributed by atoms with Crippen LogP contribution in [0.5, 0.6) is 0 Å². The molecule has 0 bridgehead atoms. The van der Waals surface area contributed by atoms with Crippen LogP contribution in [0.25, 0.3) is 10.4 Å². The van der Waals surface area contributed by atoms with Gasteiger partial charge < -0.3 is 24.7 Å². The highest BCUT2D eigenvalue weighted by molar-refractivity contribution is 7.13. The number of nitrogens with one attached hydrogen (secondary N) is 1. The minimum atomic E-state index is -0.891. The number of aromatic nitrogens is 2. The van der Waals surface area contributed by atoms with Crippen LogP contribution in [0.1, 0.15) is 55.8 Å². The van der Waals surface area contributed by atoms with Gasteiger partial charge in [0.25, 0.3) is 0 Å². The number of β-amino-alcohol motifs (C(OH)–C–C–N with tert-alkyl or cyclic N) is 1. The Morgan fingerprint density at radius 1 is 1.28 bits per heavy atom. The lowest BCUT2D eigenvalue weighted by molar-refractivity contribution is -0.134. The summed E-state index contributed by atoms with van der Waals surface area (Å²) in [5.74, 6) is 0.428. The van der Waals surface area contributed by atoms with Crippen molar-refractivity contribution in [3.05, 3.63) is 58.6 Å². The fourth-order valence-electron chi connectivity index (χ4n) is 4.98. The van der Waals surface area contributed by atoms with Crippen molar-refractivity contribution in [2.75, 3.05) is 6.54 Å². The van der Waals surface area contributed by atoms with Crippen molar-refractivity contribution in [2.45, 2.75) is 64.8 Å². The summed E-state index contributed by atoms with van der Waals surface area (Å²) in [7, 11) is 0. The van der Waals surface area contributed by atoms with Crippen molar-refractivity contribution in [1.82, 2.24) is 20.4 Å². The number of amidine groups is 1. The summed E-state index contributed by atoms with van der Waals surface area (Å²) in [6, 6.07) is 9.48. The van der Waals surface area contributed by atoms with Crippen molar-refractivity contribution in [2.24, 2.45) is 11.1 Å². The van der Waals surface area contributed by atoms with Crippen LogP contribution in [0.15, 0.2) is 45.5 Å². The molecule has 5 rings (SSSR count). The summed E-state index contributed by atoms with van der Waals surface area (Å²) in [5, 5.41) is 22.2. The van der Waals surface area contributed by atoms with Crippen molar-refractivity contribution in [1.29, 1.82) is 0 Å². The Kier molecular flexibility index (Phi) is 6.34. The summed E-state index contributed by atoms with van der Waals surface area (Å²) in [6.45, 7) is 9.91. The highest BCUT2D eigenvalue weighted by atomic mass is 32.1. The van der Waals surface area contributed by atoms with Crippen molar-refractivity contribution in [3.8, 4) is 10.4 Å². The molecule has 9 nitrogen and oxygen atoms in total. The van der Waals surface area contributed by atoms with Gasteiger partial charge in [0.05, 0.1) is 33.9 Å². The average Bonchev–Trinajstić information content (AvgIpc) is 3.62. The number of likely N-dealkylation sites (tertiary alicyclic amines) is 1. The standard InChI is InChI=1S/C26H31N5O4S/c1-14(2)22(21-10-15(3)29-34-21)25(33)31-12-19(32)11-20(31)24-28-26(5,35-30-24)18-8-6-17(7-9-18)23-16(4)27-13-36-23/h6-10,13-14,19-20,22,32H,11-12H2,1-5H3,(H,28,30)/t19-,20+,22-,26-/m1/s1. The van der Waals surface area contributed by atoms with Gasteiger partial charge in [-0.1, -0.05) is 48.4 Å². The topological polar surface area (TPSA) is 113 Å². The Labute approximate surface area is 214 Å². The average molecular weight is 510 g/mol. The molecule has 2 aliphatic rings. The largest absolute Gasteiger partial charge is 0.391 e. The molecular formula is C26H31N5O4S. The van der Waals surface area contributed by atoms with Gasteiger partial charge in [0.15, 0.2) is 5.84 Å². The summed E-state index contributed by atoms with van der Waals surface area (Å²) < 4.78 is 5.46. The second kappa shape index (κ2) is 9.33. The van der Waals surface area contributed by atoms with Crippen LogP contribution in [0, 0.1) is 19.8 Å². The molecule has 2 aliphatic heterocycles. The van der Waals surface area contributed by atoms with Crippen molar-refractivity contribution < 1.29 is 19.3 Å². The third-order valence-electron chi connectivity index (χ3n) is 6.90. The Morgan fingerprint density at radius 3 is 2.64 bits per heavy atom. The molecule has 190 valence electrons. The molecule has 36 heavy (non-hydrogen) atoms. The number of hydrogen-bond donors (Lipinski definition) is 2. The summed E-state index contributed by atoms with van der Waals surface area (Å²) in [5.41, 5.74) is 4.69. The zero-order chi connectivity index (χ0) is 25.6. The molecule has 1 fully saturated rings. The smallest absolute Gasteiger partial charge is 0.234 e. The molecule has 1 amide bonds. The maximum atomic E-state index is 13.7. The minimum Gasteiger partial charge on any atom is -0.391 e. The van der Waals surface area contributed by atoms with Crippen LogP contribution in [0.2, 0.25) is 0 Å². The van der Waals surface area contributed by atoms with E-state index in [0.717, 1.165) is 27.4 Å². The molecule has 10 heteroatoms. The molecule has 0 aliphatic carbocycles. The van der Waals surface area contributed by atoms with Crippen LogP contribution in [-0.4, -0.2) is 50.6 Å². The molecule has 2 aromatic heterocycles. The highest BCUT2D eigenvalue weighted by Crippen LogP contribution is 2.35. The Morgan fingerprint density at radius 2 is 2.03 bits per heavy atom. The van der Waals surface area contributed by atoms with Crippen LogP contribution in [0.4, 0.5) is 0 Å². The molecule has 4 heterocycles. The van der Waals surface area contributed by atoms with E-state index in [4.69, 9.17) is 9.36 Å². The van der Waals surface area contributed by atoms with Crippen LogP contribution in [-0.2, 0) is 15.4 Å². The summed E-state index contributed by atoms with van der Waals surface area (Å²) >= 11 is 1.61. The molecule has 1 saturated heterocycles. The van der Waals surface area contributed by atoms with Gasteiger partial charge in [-0.3, -0.25) is 4.79 Å². The number of benzene rings is 1. The number of thiazole rings is 1. The zero-order valence-corrected chi connectivity index (χ0v) is 21.9. The number of carbonyl (C=O) groups excluding carboxylic acids is 1. The Bertz CT molecular complexity index is 1280. The van der Waals surface area contributed by atoms with E-state index in [9.17, 15) is 9.90 Å². The van der Waals surface area contributed by atoms with Gasteiger partial charge in [0, 0.05) is 31.5 Å². The van der Waals surface area contributed by atoms with Crippen molar-refractivity contribution in [3.63, 3.8) is 0 Å². The maximum Gasteiger partial charge on any atom is 0.234 e. The van der Waals surface area contributed by atoms with E-state index in [1.807, 2.05) is 64.4 Å². The van der Waals surface area contributed by atoms with Gasteiger partial charge in [0.1, 0.15) is 11.7 Å². The van der Waals surface area contributed by atoms with Gasteiger partial charge in [-0.05, 0) is 25.3 Å². The molecule has 0 spiro atoms. The van der Waals surface area contributed by atoms with E-state index in [-0.39, 0.29) is 18.4 Å². The second-order valence-electron chi connectivity index (χ2n) is 10.1. The third kappa shape index (κ3) is 4.39. The van der Waals surface area contributed by atoms with Gasteiger partial charge >= 0.3 is 0 Å². The van der Waals surface area contributed by atoms with E-state index < -0.39 is 23.8 Å². The fourth-order valence-corrected chi connectivity index (χ4v) is 5.79. The van der Waals surface area contributed by atoms with E-state index in [1.165, 1.54) is 0 Å². The number of rotatable bonds is 6. The number of aryl methyl sites for hydroxylation is 2. The zero-order valence-electron chi connectivity index (χ0n) is 21.1. The first-order valence-electron chi connectivity index (χ1n) is 12.1.